The number of nitrogens with one attached hydrogen (secondary N) is 2. The molecule has 2 N–H and O–H groups in total. The summed E-state index contributed by atoms with van der Waals surface area (Å²) in [6, 6.07) is 9.72. The smallest absolute Gasteiger partial charge is 0.238 e. The van der Waals surface area contributed by atoms with Crippen molar-refractivity contribution in [2.45, 2.75) is 33.7 Å². The lowest BCUT2D eigenvalue weighted by Crippen LogP contribution is -2.39. The molecule has 0 atom stereocenters. The Morgan fingerprint density at radius 3 is 2.73 bits per heavy atom. The van der Waals surface area contributed by atoms with Gasteiger partial charge in [-0.25, -0.2) is 0 Å². The molecule has 6 nitrogen and oxygen atoms in total. The highest BCUT2D eigenvalue weighted by Gasteiger charge is 2.23. The van der Waals surface area contributed by atoms with E-state index in [1.165, 1.54) is 0 Å². The summed E-state index contributed by atoms with van der Waals surface area (Å²) in [7, 11) is 1.60. The van der Waals surface area contributed by atoms with Crippen molar-refractivity contribution in [3.63, 3.8) is 0 Å². The van der Waals surface area contributed by atoms with Crippen molar-refractivity contribution in [1.82, 2.24) is 9.88 Å². The molecule has 2 heterocycles. The van der Waals surface area contributed by atoms with Crippen LogP contribution in [0.3, 0.4) is 0 Å². The number of pyridine rings is 1. The summed E-state index contributed by atoms with van der Waals surface area (Å²) in [6.45, 7) is 7.39. The van der Waals surface area contributed by atoms with Crippen LogP contribution in [-0.4, -0.2) is 36.0 Å². The van der Waals surface area contributed by atoms with E-state index < -0.39 is 0 Å². The summed E-state index contributed by atoms with van der Waals surface area (Å²) in [5.74, 6) is 0.605. The monoisotopic (exact) mass is 405 g/mol. The van der Waals surface area contributed by atoms with Crippen molar-refractivity contribution in [3.8, 4) is 5.75 Å². The minimum atomic E-state index is -0.0677. The minimum absolute atomic E-state index is 0.0142. The first-order valence-electron chi connectivity index (χ1n) is 10.2. The Morgan fingerprint density at radius 2 is 1.97 bits per heavy atom. The molecule has 0 spiro atoms. The van der Waals surface area contributed by atoms with Crippen LogP contribution >= 0.6 is 0 Å². The Bertz CT molecular complexity index is 1200. The van der Waals surface area contributed by atoms with E-state index >= 15 is 0 Å². The van der Waals surface area contributed by atoms with Crippen LogP contribution < -0.4 is 15.5 Å². The number of aromatic nitrogens is 1. The standard InChI is InChI=1S/C24H27N3O3/c1-14-5-6-15(2)21(9-14)25-22(28)13-27-8-7-20-19(12-27)24(29)18-11-17(30-4)10-16(3)23(18)26-20/h5-6,9-11H,7-8,12-13H2,1-4H3,(H,25,28)(H,26,29). The van der Waals surface area contributed by atoms with Crippen LogP contribution in [0.4, 0.5) is 5.69 Å². The molecule has 1 amide bonds. The SMILES string of the molecule is COc1cc(C)c2[nH]c3c(c(=O)c2c1)CN(CC(=O)Nc1cc(C)ccc1C)CC3. The Morgan fingerprint density at radius 1 is 1.17 bits per heavy atom. The maximum Gasteiger partial charge on any atom is 0.238 e. The van der Waals surface area contributed by atoms with Crippen molar-refractivity contribution < 1.29 is 9.53 Å². The fourth-order valence-corrected chi connectivity index (χ4v) is 4.09. The Balaban J connectivity index is 1.56. The van der Waals surface area contributed by atoms with E-state index in [4.69, 9.17) is 4.74 Å². The lowest BCUT2D eigenvalue weighted by molar-refractivity contribution is -0.117. The number of aromatic amines is 1. The van der Waals surface area contributed by atoms with E-state index in [0.717, 1.165) is 45.7 Å². The van der Waals surface area contributed by atoms with Gasteiger partial charge in [-0.1, -0.05) is 12.1 Å². The number of methoxy groups -OCH3 is 1. The van der Waals surface area contributed by atoms with Crippen LogP contribution in [0.15, 0.2) is 35.1 Å². The molecule has 0 bridgehead atoms. The molecule has 6 heteroatoms. The third-order valence-electron chi connectivity index (χ3n) is 5.80. The number of anilines is 1. The molecule has 1 aromatic heterocycles. The van der Waals surface area contributed by atoms with Gasteiger partial charge >= 0.3 is 0 Å². The lowest BCUT2D eigenvalue weighted by Gasteiger charge is -2.28. The van der Waals surface area contributed by atoms with Crippen molar-refractivity contribution >= 4 is 22.5 Å². The predicted molar refractivity (Wildman–Crippen MR) is 119 cm³/mol. The van der Waals surface area contributed by atoms with Crippen molar-refractivity contribution in [2.75, 3.05) is 25.5 Å². The van der Waals surface area contributed by atoms with Crippen LogP contribution in [0, 0.1) is 20.8 Å². The maximum absolute atomic E-state index is 13.2. The highest BCUT2D eigenvalue weighted by atomic mass is 16.5. The normalized spacial score (nSPS) is 13.9. The molecule has 0 fully saturated rings. The second-order valence-electron chi connectivity index (χ2n) is 8.11. The number of hydrogen-bond donors (Lipinski definition) is 2. The van der Waals surface area contributed by atoms with E-state index in [0.29, 0.717) is 24.1 Å². The molecule has 4 rings (SSSR count). The van der Waals surface area contributed by atoms with Crippen LogP contribution in [0.1, 0.15) is 27.9 Å². The van der Waals surface area contributed by atoms with Crippen molar-refractivity contribution in [3.05, 3.63) is 68.5 Å². The number of hydrogen-bond acceptors (Lipinski definition) is 4. The number of aryl methyl sites for hydroxylation is 3. The third kappa shape index (κ3) is 3.83. The number of ether oxygens (including phenoxy) is 1. The molecule has 0 aliphatic carbocycles. The summed E-state index contributed by atoms with van der Waals surface area (Å²) in [6.07, 6.45) is 0.711. The van der Waals surface area contributed by atoms with E-state index in [1.807, 2.05) is 49.9 Å². The average Bonchev–Trinajstić information content (AvgIpc) is 2.72. The zero-order valence-corrected chi connectivity index (χ0v) is 17.9. The fraction of sp³-hybridized carbons (Fsp3) is 0.333. The van der Waals surface area contributed by atoms with E-state index in [2.05, 4.69) is 10.3 Å². The molecule has 1 aliphatic rings. The number of nitrogens with zero attached hydrogens (tertiary/aromatic N) is 1. The number of amides is 1. The fourth-order valence-electron chi connectivity index (χ4n) is 4.09. The van der Waals surface area contributed by atoms with Gasteiger partial charge in [-0.2, -0.15) is 0 Å². The molecular formula is C24H27N3O3. The molecule has 1 aliphatic heterocycles. The molecule has 0 unspecified atom stereocenters. The number of H-pyrrole nitrogens is 1. The first kappa shape index (κ1) is 20.2. The zero-order chi connectivity index (χ0) is 21.4. The van der Waals surface area contributed by atoms with Gasteiger partial charge in [0.15, 0.2) is 5.43 Å². The van der Waals surface area contributed by atoms with Gasteiger partial charge in [-0.3, -0.25) is 14.5 Å². The van der Waals surface area contributed by atoms with Crippen LogP contribution in [0.2, 0.25) is 0 Å². The van der Waals surface area contributed by atoms with Gasteiger partial charge in [0.25, 0.3) is 0 Å². The van der Waals surface area contributed by atoms with Gasteiger partial charge < -0.3 is 15.0 Å². The van der Waals surface area contributed by atoms with Gasteiger partial charge in [0.1, 0.15) is 5.75 Å². The highest BCUT2D eigenvalue weighted by Crippen LogP contribution is 2.25. The Kier molecular flexibility index (Phi) is 5.35. The van der Waals surface area contributed by atoms with Gasteiger partial charge in [0, 0.05) is 41.8 Å². The van der Waals surface area contributed by atoms with Crippen molar-refractivity contribution in [1.29, 1.82) is 0 Å². The molecule has 30 heavy (non-hydrogen) atoms. The largest absolute Gasteiger partial charge is 0.497 e. The summed E-state index contributed by atoms with van der Waals surface area (Å²) < 4.78 is 5.33. The predicted octanol–water partition coefficient (Wildman–Crippen LogP) is 3.46. The molecule has 0 saturated carbocycles. The minimum Gasteiger partial charge on any atom is -0.497 e. The number of carbonyl (C=O) groups excluding carboxylic acids is 1. The lowest BCUT2D eigenvalue weighted by atomic mass is 10.0. The number of carbonyl (C=O) groups is 1. The Labute approximate surface area is 175 Å². The summed E-state index contributed by atoms with van der Waals surface area (Å²) in [5.41, 5.74) is 6.54. The van der Waals surface area contributed by atoms with E-state index in [1.54, 1.807) is 13.2 Å². The molecule has 0 radical (unpaired) electrons. The van der Waals surface area contributed by atoms with Crippen LogP contribution in [0.25, 0.3) is 10.9 Å². The first-order valence-corrected chi connectivity index (χ1v) is 10.2. The second kappa shape index (κ2) is 7.95. The van der Waals surface area contributed by atoms with Gasteiger partial charge in [0.2, 0.25) is 5.91 Å². The molecule has 2 aromatic carbocycles. The zero-order valence-electron chi connectivity index (χ0n) is 17.9. The molecular weight excluding hydrogens is 378 g/mol. The summed E-state index contributed by atoms with van der Waals surface area (Å²) >= 11 is 0. The number of benzene rings is 2. The summed E-state index contributed by atoms with van der Waals surface area (Å²) in [5, 5.41) is 3.64. The van der Waals surface area contributed by atoms with Gasteiger partial charge in [-0.15, -0.1) is 0 Å². The molecule has 3 aromatic rings. The topological polar surface area (TPSA) is 74.4 Å². The van der Waals surface area contributed by atoms with Crippen LogP contribution in [-0.2, 0) is 17.8 Å². The maximum atomic E-state index is 13.2. The molecule has 156 valence electrons. The van der Waals surface area contributed by atoms with Gasteiger partial charge in [0.05, 0.1) is 19.2 Å². The highest BCUT2D eigenvalue weighted by molar-refractivity contribution is 5.93. The quantitative estimate of drug-likeness (QED) is 0.697. The van der Waals surface area contributed by atoms with Crippen LogP contribution in [0.5, 0.6) is 5.75 Å². The Hall–Kier alpha value is -3.12. The van der Waals surface area contributed by atoms with E-state index in [-0.39, 0.29) is 17.9 Å². The second-order valence-corrected chi connectivity index (χ2v) is 8.11. The summed E-state index contributed by atoms with van der Waals surface area (Å²) in [4.78, 5) is 31.3. The molecule has 0 saturated heterocycles. The number of fused-ring (bicyclic) bond motifs is 2. The van der Waals surface area contributed by atoms with Crippen molar-refractivity contribution in [2.24, 2.45) is 0 Å². The van der Waals surface area contributed by atoms with Gasteiger partial charge in [-0.05, 0) is 55.7 Å². The number of rotatable bonds is 4. The average molecular weight is 405 g/mol. The third-order valence-corrected chi connectivity index (χ3v) is 5.80. The van der Waals surface area contributed by atoms with E-state index in [9.17, 15) is 9.59 Å². The first-order chi connectivity index (χ1) is 14.4.